The standard InChI is InChI=1S/C20H18F2N2O3/c1-11-4-5-12(2)14(8-11)17(25)10-24-18(26)20(3,23-19(24)27)13-6-7-15(21)16(22)9-13/h4-9H,10H2,1-3H3,(H,23,27). The van der Waals surface area contributed by atoms with Gasteiger partial charge in [-0.2, -0.15) is 0 Å². The first-order valence-corrected chi connectivity index (χ1v) is 8.33. The molecule has 140 valence electrons. The Bertz CT molecular complexity index is 974. The summed E-state index contributed by atoms with van der Waals surface area (Å²) in [6, 6.07) is 7.57. The topological polar surface area (TPSA) is 66.5 Å². The summed E-state index contributed by atoms with van der Waals surface area (Å²) in [5, 5.41) is 2.47. The number of nitrogens with one attached hydrogen (secondary N) is 1. The first kappa shape index (κ1) is 18.7. The van der Waals surface area contributed by atoms with Gasteiger partial charge < -0.3 is 5.32 Å². The predicted molar refractivity (Wildman–Crippen MR) is 94.2 cm³/mol. The average molecular weight is 372 g/mol. The van der Waals surface area contributed by atoms with Crippen molar-refractivity contribution < 1.29 is 23.2 Å². The van der Waals surface area contributed by atoms with E-state index in [2.05, 4.69) is 5.32 Å². The van der Waals surface area contributed by atoms with Crippen LogP contribution in [0.25, 0.3) is 0 Å². The fourth-order valence-corrected chi connectivity index (χ4v) is 3.11. The zero-order chi connectivity index (χ0) is 19.9. The first-order chi connectivity index (χ1) is 12.6. The smallest absolute Gasteiger partial charge is 0.319 e. The van der Waals surface area contributed by atoms with E-state index in [9.17, 15) is 23.2 Å². The van der Waals surface area contributed by atoms with Gasteiger partial charge in [0.1, 0.15) is 5.54 Å². The maximum Gasteiger partial charge on any atom is 0.325 e. The van der Waals surface area contributed by atoms with Crippen molar-refractivity contribution in [2.45, 2.75) is 26.3 Å². The quantitative estimate of drug-likeness (QED) is 0.662. The molecular formula is C20H18F2N2O3. The number of amides is 3. The molecule has 1 fully saturated rings. The highest BCUT2D eigenvalue weighted by atomic mass is 19.2. The van der Waals surface area contributed by atoms with Gasteiger partial charge in [0.05, 0.1) is 6.54 Å². The van der Waals surface area contributed by atoms with Gasteiger partial charge >= 0.3 is 6.03 Å². The third-order valence-electron chi connectivity index (χ3n) is 4.77. The first-order valence-electron chi connectivity index (χ1n) is 8.33. The van der Waals surface area contributed by atoms with E-state index in [-0.39, 0.29) is 11.3 Å². The van der Waals surface area contributed by atoms with Crippen molar-refractivity contribution in [2.24, 2.45) is 0 Å². The average Bonchev–Trinajstić information content (AvgIpc) is 2.83. The molecule has 1 heterocycles. The van der Waals surface area contributed by atoms with Gasteiger partial charge in [0, 0.05) is 5.56 Å². The van der Waals surface area contributed by atoms with Crippen molar-refractivity contribution in [3.05, 3.63) is 70.3 Å². The minimum absolute atomic E-state index is 0.0986. The molecule has 1 N–H and O–H groups in total. The van der Waals surface area contributed by atoms with Gasteiger partial charge in [0.15, 0.2) is 17.4 Å². The third kappa shape index (κ3) is 3.20. The number of carbonyl (C=O) groups is 3. The number of hydrogen-bond donors (Lipinski definition) is 1. The molecule has 2 aromatic rings. The van der Waals surface area contributed by atoms with Crippen molar-refractivity contribution in [1.82, 2.24) is 10.2 Å². The molecule has 0 radical (unpaired) electrons. The maximum absolute atomic E-state index is 13.6. The van der Waals surface area contributed by atoms with Crippen LogP contribution in [0.4, 0.5) is 13.6 Å². The number of hydrogen-bond acceptors (Lipinski definition) is 3. The highest BCUT2D eigenvalue weighted by molar-refractivity contribution is 6.11. The lowest BCUT2D eigenvalue weighted by Gasteiger charge is -2.22. The minimum Gasteiger partial charge on any atom is -0.319 e. The van der Waals surface area contributed by atoms with Crippen LogP contribution in [0.15, 0.2) is 36.4 Å². The van der Waals surface area contributed by atoms with Crippen LogP contribution >= 0.6 is 0 Å². The van der Waals surface area contributed by atoms with E-state index < -0.39 is 35.7 Å². The lowest BCUT2D eigenvalue weighted by Crippen LogP contribution is -2.41. The summed E-state index contributed by atoms with van der Waals surface area (Å²) >= 11 is 0. The van der Waals surface area contributed by atoms with E-state index in [0.29, 0.717) is 5.56 Å². The zero-order valence-electron chi connectivity index (χ0n) is 15.1. The minimum atomic E-state index is -1.58. The number of halogens is 2. The van der Waals surface area contributed by atoms with Crippen molar-refractivity contribution >= 4 is 17.7 Å². The molecular weight excluding hydrogens is 354 g/mol. The van der Waals surface area contributed by atoms with Crippen molar-refractivity contribution in [3.8, 4) is 0 Å². The molecule has 5 nitrogen and oxygen atoms in total. The van der Waals surface area contributed by atoms with E-state index in [4.69, 9.17) is 0 Å². The van der Waals surface area contributed by atoms with Crippen LogP contribution in [0, 0.1) is 25.5 Å². The molecule has 0 saturated carbocycles. The fraction of sp³-hybridized carbons (Fsp3) is 0.250. The predicted octanol–water partition coefficient (Wildman–Crippen LogP) is 3.23. The number of rotatable bonds is 4. The van der Waals surface area contributed by atoms with Crippen molar-refractivity contribution in [2.75, 3.05) is 6.54 Å². The Balaban J connectivity index is 1.88. The second kappa shape index (κ2) is 6.57. The highest BCUT2D eigenvalue weighted by Gasteiger charge is 2.49. The Hall–Kier alpha value is -3.09. The summed E-state index contributed by atoms with van der Waals surface area (Å²) in [5.41, 5.74) is 0.570. The Morgan fingerprint density at radius 1 is 1.07 bits per heavy atom. The van der Waals surface area contributed by atoms with E-state index in [0.717, 1.165) is 28.2 Å². The van der Waals surface area contributed by atoms with Crippen LogP contribution in [0.1, 0.15) is 34.0 Å². The van der Waals surface area contributed by atoms with E-state index >= 15 is 0 Å². The zero-order valence-corrected chi connectivity index (χ0v) is 15.1. The Morgan fingerprint density at radius 2 is 1.78 bits per heavy atom. The summed E-state index contributed by atoms with van der Waals surface area (Å²) in [4.78, 5) is 38.6. The number of carbonyl (C=O) groups excluding carboxylic acids is 3. The molecule has 7 heteroatoms. The van der Waals surface area contributed by atoms with Gasteiger partial charge in [-0.25, -0.2) is 13.6 Å². The Labute approximate surface area is 155 Å². The molecule has 1 aliphatic rings. The highest BCUT2D eigenvalue weighted by Crippen LogP contribution is 2.30. The van der Waals surface area contributed by atoms with Gasteiger partial charge in [0.2, 0.25) is 0 Å². The summed E-state index contributed by atoms with van der Waals surface area (Å²) in [6.07, 6.45) is 0. The molecule has 27 heavy (non-hydrogen) atoms. The Kier molecular flexibility index (Phi) is 4.55. The number of imide groups is 1. The molecule has 3 amide bonds. The van der Waals surface area contributed by atoms with Crippen LogP contribution in [0.5, 0.6) is 0 Å². The molecule has 3 rings (SSSR count). The van der Waals surface area contributed by atoms with Crippen molar-refractivity contribution in [3.63, 3.8) is 0 Å². The van der Waals surface area contributed by atoms with Crippen LogP contribution in [-0.4, -0.2) is 29.2 Å². The van der Waals surface area contributed by atoms with Gasteiger partial charge in [0.25, 0.3) is 5.91 Å². The van der Waals surface area contributed by atoms with E-state index in [1.165, 1.54) is 13.0 Å². The number of urea groups is 1. The SMILES string of the molecule is Cc1ccc(C)c(C(=O)CN2C(=O)NC(C)(c3ccc(F)c(F)c3)C2=O)c1. The Morgan fingerprint density at radius 3 is 2.44 bits per heavy atom. The van der Waals surface area contributed by atoms with E-state index in [1.807, 2.05) is 13.0 Å². The molecule has 0 bridgehead atoms. The van der Waals surface area contributed by atoms with Gasteiger partial charge in [-0.15, -0.1) is 0 Å². The summed E-state index contributed by atoms with van der Waals surface area (Å²) in [6.45, 7) is 4.56. The largest absolute Gasteiger partial charge is 0.325 e. The molecule has 0 aromatic heterocycles. The van der Waals surface area contributed by atoms with Crippen LogP contribution < -0.4 is 5.32 Å². The van der Waals surface area contributed by atoms with Crippen molar-refractivity contribution in [1.29, 1.82) is 0 Å². The van der Waals surface area contributed by atoms with Gasteiger partial charge in [-0.1, -0.05) is 23.8 Å². The van der Waals surface area contributed by atoms with Crippen LogP contribution in [0.2, 0.25) is 0 Å². The number of aryl methyl sites for hydroxylation is 2. The van der Waals surface area contributed by atoms with Crippen LogP contribution in [-0.2, 0) is 10.3 Å². The maximum atomic E-state index is 13.6. The van der Waals surface area contributed by atoms with E-state index in [1.54, 1.807) is 19.1 Å². The molecule has 0 aliphatic carbocycles. The monoisotopic (exact) mass is 372 g/mol. The molecule has 1 unspecified atom stereocenters. The molecule has 0 spiro atoms. The molecule has 1 aliphatic heterocycles. The fourth-order valence-electron chi connectivity index (χ4n) is 3.11. The number of ketones is 1. The summed E-state index contributed by atoms with van der Waals surface area (Å²) in [7, 11) is 0. The number of nitrogens with zero attached hydrogens (tertiary/aromatic N) is 1. The molecule has 1 atom stereocenters. The molecule has 2 aromatic carbocycles. The number of benzene rings is 2. The second-order valence-electron chi connectivity index (χ2n) is 6.82. The third-order valence-corrected chi connectivity index (χ3v) is 4.77. The normalized spacial score (nSPS) is 19.4. The molecule has 1 saturated heterocycles. The summed E-state index contributed by atoms with van der Waals surface area (Å²) < 4.78 is 26.8. The number of Topliss-reactive ketones (excluding diaryl/α,β-unsaturated/α-hetero) is 1. The van der Waals surface area contributed by atoms with Gasteiger partial charge in [-0.05, 0) is 50.1 Å². The van der Waals surface area contributed by atoms with Crippen LogP contribution in [0.3, 0.4) is 0 Å². The lowest BCUT2D eigenvalue weighted by molar-refractivity contribution is -0.130. The lowest BCUT2D eigenvalue weighted by atomic mass is 9.91. The van der Waals surface area contributed by atoms with Gasteiger partial charge in [-0.3, -0.25) is 14.5 Å². The second-order valence-corrected chi connectivity index (χ2v) is 6.82. The summed E-state index contributed by atoms with van der Waals surface area (Å²) in [5.74, 6) is -3.26.